The summed E-state index contributed by atoms with van der Waals surface area (Å²) in [7, 11) is 0. The molecule has 0 aromatic rings. The molecule has 0 radical (unpaired) electrons. The third-order valence-corrected chi connectivity index (χ3v) is 5.70. The summed E-state index contributed by atoms with van der Waals surface area (Å²) in [5.41, 5.74) is 0. The van der Waals surface area contributed by atoms with Crippen molar-refractivity contribution < 1.29 is 14.7 Å². The molecule has 2 N–H and O–H groups in total. The fourth-order valence-electron chi connectivity index (χ4n) is 4.41. The molecule has 22 heavy (non-hydrogen) atoms. The van der Waals surface area contributed by atoms with Gasteiger partial charge in [-0.3, -0.25) is 4.79 Å². The number of aliphatic carboxylic acids is 1. The summed E-state index contributed by atoms with van der Waals surface area (Å²) in [6.07, 6.45) is 8.47. The van der Waals surface area contributed by atoms with E-state index < -0.39 is 11.9 Å². The molecule has 0 aromatic heterocycles. The third kappa shape index (κ3) is 3.55. The first kappa shape index (κ1) is 15.6. The number of likely N-dealkylation sites (tertiary alicyclic amines) is 1. The minimum Gasteiger partial charge on any atom is -0.481 e. The number of nitrogens with one attached hydrogen (secondary N) is 1. The van der Waals surface area contributed by atoms with E-state index in [1.165, 1.54) is 32.1 Å². The SMILES string of the molecule is CC1CC(C(=O)O)CN(C(=O)NC2CC2C2CCCCC2)C1. The molecule has 4 atom stereocenters. The first-order valence-corrected chi connectivity index (χ1v) is 8.83. The minimum absolute atomic E-state index is 0.0545. The predicted molar refractivity (Wildman–Crippen MR) is 83.5 cm³/mol. The van der Waals surface area contributed by atoms with Gasteiger partial charge in [-0.2, -0.15) is 0 Å². The molecule has 3 rings (SSSR count). The second-order valence-electron chi connectivity index (χ2n) is 7.63. The molecule has 0 aromatic carbocycles. The van der Waals surface area contributed by atoms with Crippen LogP contribution in [0.15, 0.2) is 0 Å². The molecular weight excluding hydrogens is 280 g/mol. The van der Waals surface area contributed by atoms with Crippen molar-refractivity contribution in [3.63, 3.8) is 0 Å². The van der Waals surface area contributed by atoms with Crippen molar-refractivity contribution in [2.75, 3.05) is 13.1 Å². The zero-order valence-corrected chi connectivity index (χ0v) is 13.5. The molecule has 1 aliphatic heterocycles. The lowest BCUT2D eigenvalue weighted by atomic mass is 9.85. The quantitative estimate of drug-likeness (QED) is 0.842. The van der Waals surface area contributed by atoms with E-state index in [4.69, 9.17) is 0 Å². The molecule has 2 amide bonds. The standard InChI is InChI=1S/C17H28N2O3/c1-11-7-13(16(20)21)10-19(9-11)17(22)18-15-8-14(15)12-5-3-2-4-6-12/h11-15H,2-10H2,1H3,(H,18,22)(H,20,21). The summed E-state index contributed by atoms with van der Waals surface area (Å²) in [5, 5.41) is 12.3. The zero-order chi connectivity index (χ0) is 15.7. The monoisotopic (exact) mass is 308 g/mol. The number of carbonyl (C=O) groups is 2. The van der Waals surface area contributed by atoms with Gasteiger partial charge in [0.2, 0.25) is 0 Å². The molecule has 5 heteroatoms. The van der Waals surface area contributed by atoms with Gasteiger partial charge in [0.25, 0.3) is 0 Å². The molecule has 1 heterocycles. The van der Waals surface area contributed by atoms with Crippen molar-refractivity contribution in [2.24, 2.45) is 23.7 Å². The molecule has 4 unspecified atom stereocenters. The highest BCUT2D eigenvalue weighted by molar-refractivity contribution is 5.77. The fraction of sp³-hybridized carbons (Fsp3) is 0.882. The molecule has 2 aliphatic carbocycles. The topological polar surface area (TPSA) is 69.6 Å². The van der Waals surface area contributed by atoms with E-state index in [2.05, 4.69) is 5.32 Å². The Morgan fingerprint density at radius 3 is 2.50 bits per heavy atom. The third-order valence-electron chi connectivity index (χ3n) is 5.70. The molecule has 0 spiro atoms. The molecule has 124 valence electrons. The molecule has 1 saturated heterocycles. The van der Waals surface area contributed by atoms with Gasteiger partial charge in [0.1, 0.15) is 0 Å². The Labute approximate surface area is 132 Å². The van der Waals surface area contributed by atoms with Gasteiger partial charge < -0.3 is 15.3 Å². The van der Waals surface area contributed by atoms with Gasteiger partial charge in [-0.05, 0) is 30.6 Å². The van der Waals surface area contributed by atoms with Gasteiger partial charge in [-0.1, -0.05) is 39.0 Å². The van der Waals surface area contributed by atoms with Gasteiger partial charge in [-0.25, -0.2) is 4.79 Å². The van der Waals surface area contributed by atoms with Gasteiger partial charge in [0.05, 0.1) is 5.92 Å². The number of carbonyl (C=O) groups excluding carboxylic acids is 1. The average molecular weight is 308 g/mol. The first-order valence-electron chi connectivity index (χ1n) is 8.83. The largest absolute Gasteiger partial charge is 0.481 e. The second-order valence-corrected chi connectivity index (χ2v) is 7.63. The van der Waals surface area contributed by atoms with Crippen LogP contribution in [0.1, 0.15) is 51.9 Å². The fourth-order valence-corrected chi connectivity index (χ4v) is 4.41. The Kier molecular flexibility index (Phi) is 4.59. The number of carboxylic acid groups (broad SMARTS) is 1. The molecule has 5 nitrogen and oxygen atoms in total. The lowest BCUT2D eigenvalue weighted by Gasteiger charge is -2.34. The predicted octanol–water partition coefficient (Wildman–Crippen LogP) is 2.71. The van der Waals surface area contributed by atoms with Crippen LogP contribution in [-0.2, 0) is 4.79 Å². The van der Waals surface area contributed by atoms with Gasteiger partial charge in [0, 0.05) is 19.1 Å². The van der Waals surface area contributed by atoms with Gasteiger partial charge in [0.15, 0.2) is 0 Å². The number of nitrogens with zero attached hydrogens (tertiary/aromatic N) is 1. The van der Waals surface area contributed by atoms with Crippen LogP contribution >= 0.6 is 0 Å². The first-order chi connectivity index (χ1) is 10.5. The number of carboxylic acids is 1. The van der Waals surface area contributed by atoms with E-state index >= 15 is 0 Å². The highest BCUT2D eigenvalue weighted by Crippen LogP contribution is 2.44. The van der Waals surface area contributed by atoms with Crippen LogP contribution in [-0.4, -0.2) is 41.1 Å². The van der Waals surface area contributed by atoms with E-state index in [1.54, 1.807) is 4.90 Å². The number of rotatable bonds is 3. The Morgan fingerprint density at radius 1 is 1.09 bits per heavy atom. The summed E-state index contributed by atoms with van der Waals surface area (Å²) in [4.78, 5) is 25.3. The molecular formula is C17H28N2O3. The number of piperidine rings is 1. The van der Waals surface area contributed by atoms with Gasteiger partial charge >= 0.3 is 12.0 Å². The van der Waals surface area contributed by atoms with Crippen LogP contribution in [0.25, 0.3) is 0 Å². The highest BCUT2D eigenvalue weighted by Gasteiger charge is 2.44. The van der Waals surface area contributed by atoms with Crippen LogP contribution < -0.4 is 5.32 Å². The number of amides is 2. The average Bonchev–Trinajstić information content (AvgIpc) is 3.26. The summed E-state index contributed by atoms with van der Waals surface area (Å²) < 4.78 is 0. The maximum absolute atomic E-state index is 12.4. The van der Waals surface area contributed by atoms with E-state index in [0.717, 1.165) is 12.3 Å². The molecule has 3 fully saturated rings. The second kappa shape index (κ2) is 6.47. The Bertz CT molecular complexity index is 434. The lowest BCUT2D eigenvalue weighted by Crippen LogP contribution is -2.50. The summed E-state index contributed by atoms with van der Waals surface area (Å²) >= 11 is 0. The normalized spacial score (nSPS) is 36.0. The molecule has 0 bridgehead atoms. The van der Waals surface area contributed by atoms with Crippen LogP contribution in [0.3, 0.4) is 0 Å². The number of hydrogen-bond acceptors (Lipinski definition) is 2. The number of urea groups is 1. The van der Waals surface area contributed by atoms with Crippen LogP contribution in [0, 0.1) is 23.7 Å². The van der Waals surface area contributed by atoms with Crippen LogP contribution in [0.4, 0.5) is 4.79 Å². The van der Waals surface area contributed by atoms with Crippen molar-refractivity contribution in [2.45, 2.75) is 57.9 Å². The summed E-state index contributed by atoms with van der Waals surface area (Å²) in [6.45, 7) is 3.06. The zero-order valence-electron chi connectivity index (χ0n) is 13.5. The molecule has 2 saturated carbocycles. The molecule has 3 aliphatic rings. The summed E-state index contributed by atoms with van der Waals surface area (Å²) in [5.74, 6) is 0.528. The Hall–Kier alpha value is -1.26. The van der Waals surface area contributed by atoms with E-state index in [0.29, 0.717) is 31.5 Å². The van der Waals surface area contributed by atoms with E-state index in [1.807, 2.05) is 6.92 Å². The van der Waals surface area contributed by atoms with E-state index in [9.17, 15) is 14.7 Å². The number of hydrogen-bond donors (Lipinski definition) is 2. The van der Waals surface area contributed by atoms with Crippen molar-refractivity contribution >= 4 is 12.0 Å². The van der Waals surface area contributed by atoms with E-state index in [-0.39, 0.29) is 11.9 Å². The summed E-state index contributed by atoms with van der Waals surface area (Å²) in [6, 6.07) is 0.275. The highest BCUT2D eigenvalue weighted by atomic mass is 16.4. The maximum Gasteiger partial charge on any atom is 0.317 e. The smallest absolute Gasteiger partial charge is 0.317 e. The minimum atomic E-state index is -0.782. The lowest BCUT2D eigenvalue weighted by molar-refractivity contribution is -0.143. The maximum atomic E-state index is 12.4. The van der Waals surface area contributed by atoms with Crippen molar-refractivity contribution in [3.8, 4) is 0 Å². The van der Waals surface area contributed by atoms with Crippen molar-refractivity contribution in [1.29, 1.82) is 0 Å². The van der Waals surface area contributed by atoms with Gasteiger partial charge in [-0.15, -0.1) is 0 Å². The van der Waals surface area contributed by atoms with Crippen molar-refractivity contribution in [1.82, 2.24) is 10.2 Å². The van der Waals surface area contributed by atoms with Crippen molar-refractivity contribution in [3.05, 3.63) is 0 Å². The Morgan fingerprint density at radius 2 is 1.82 bits per heavy atom. The Balaban J connectivity index is 1.48. The van der Waals surface area contributed by atoms with Crippen LogP contribution in [0.2, 0.25) is 0 Å². The van der Waals surface area contributed by atoms with Crippen LogP contribution in [0.5, 0.6) is 0 Å².